The summed E-state index contributed by atoms with van der Waals surface area (Å²) < 4.78 is 0. The van der Waals surface area contributed by atoms with Crippen LogP contribution >= 0.6 is 0 Å². The number of rotatable bonds is 3. The van der Waals surface area contributed by atoms with Crippen LogP contribution in [-0.4, -0.2) is 25.1 Å². The van der Waals surface area contributed by atoms with E-state index in [0.29, 0.717) is 16.9 Å². The van der Waals surface area contributed by atoms with Crippen molar-refractivity contribution in [2.24, 2.45) is 16.7 Å². The molecule has 3 rings (SSSR count). The first kappa shape index (κ1) is 13.7. The lowest BCUT2D eigenvalue weighted by Gasteiger charge is -2.39. The van der Waals surface area contributed by atoms with Crippen LogP contribution in [-0.2, 0) is 0 Å². The number of pyridine rings is 1. The molecule has 3 nitrogen and oxygen atoms in total. The van der Waals surface area contributed by atoms with E-state index >= 15 is 0 Å². The van der Waals surface area contributed by atoms with Gasteiger partial charge in [-0.15, -0.1) is 0 Å². The van der Waals surface area contributed by atoms with E-state index in [2.05, 4.69) is 43.2 Å². The molecule has 2 bridgehead atoms. The summed E-state index contributed by atoms with van der Waals surface area (Å²) in [6.07, 6.45) is 6.03. The van der Waals surface area contributed by atoms with Crippen molar-refractivity contribution < 1.29 is 0 Å². The molecule has 0 radical (unpaired) electrons. The first-order valence-corrected chi connectivity index (χ1v) is 7.74. The Hall–Kier alpha value is -1.25. The lowest BCUT2D eigenvalue weighted by Crippen LogP contribution is -2.40. The molecule has 20 heavy (non-hydrogen) atoms. The van der Waals surface area contributed by atoms with Crippen LogP contribution in [0.1, 0.15) is 40.0 Å². The van der Waals surface area contributed by atoms with E-state index < -0.39 is 0 Å². The SMILES string of the molecule is CN(C)c1ccc(NC2CC3CCC2(C)C3(C)C)cn1. The Labute approximate surface area is 122 Å². The zero-order chi connectivity index (χ0) is 14.5. The Morgan fingerprint density at radius 3 is 2.45 bits per heavy atom. The molecule has 2 saturated carbocycles. The van der Waals surface area contributed by atoms with Crippen LogP contribution in [0.15, 0.2) is 18.3 Å². The van der Waals surface area contributed by atoms with Gasteiger partial charge >= 0.3 is 0 Å². The molecule has 1 N–H and O–H groups in total. The molecule has 1 aromatic rings. The van der Waals surface area contributed by atoms with Crippen molar-refractivity contribution in [3.63, 3.8) is 0 Å². The lowest BCUT2D eigenvalue weighted by molar-refractivity contribution is 0.142. The summed E-state index contributed by atoms with van der Waals surface area (Å²) in [6, 6.07) is 4.83. The van der Waals surface area contributed by atoms with E-state index in [1.54, 1.807) is 0 Å². The molecule has 2 aliphatic carbocycles. The molecular formula is C17H27N3. The Morgan fingerprint density at radius 2 is 2.00 bits per heavy atom. The fourth-order valence-electron chi connectivity index (χ4n) is 4.36. The smallest absolute Gasteiger partial charge is 0.128 e. The summed E-state index contributed by atoms with van der Waals surface area (Å²) in [7, 11) is 4.05. The Kier molecular flexibility index (Phi) is 3.00. The normalized spacial score (nSPS) is 34.2. The van der Waals surface area contributed by atoms with Crippen LogP contribution < -0.4 is 10.2 Å². The highest BCUT2D eigenvalue weighted by Gasteiger charge is 2.61. The number of fused-ring (bicyclic) bond motifs is 2. The van der Waals surface area contributed by atoms with Gasteiger partial charge in [0.2, 0.25) is 0 Å². The minimum Gasteiger partial charge on any atom is -0.380 e. The zero-order valence-electron chi connectivity index (χ0n) is 13.4. The number of nitrogens with zero attached hydrogens (tertiary/aromatic N) is 2. The third-order valence-electron chi connectivity index (χ3n) is 6.34. The van der Waals surface area contributed by atoms with Gasteiger partial charge in [0.25, 0.3) is 0 Å². The monoisotopic (exact) mass is 273 g/mol. The summed E-state index contributed by atoms with van der Waals surface area (Å²) >= 11 is 0. The summed E-state index contributed by atoms with van der Waals surface area (Å²) in [5, 5.41) is 3.75. The summed E-state index contributed by atoms with van der Waals surface area (Å²) in [6.45, 7) is 7.39. The Morgan fingerprint density at radius 1 is 1.25 bits per heavy atom. The molecule has 3 heteroatoms. The van der Waals surface area contributed by atoms with Gasteiger partial charge in [-0.3, -0.25) is 0 Å². The van der Waals surface area contributed by atoms with Crippen LogP contribution in [0.5, 0.6) is 0 Å². The molecule has 0 spiro atoms. The summed E-state index contributed by atoms with van der Waals surface area (Å²) in [5.41, 5.74) is 2.03. The largest absolute Gasteiger partial charge is 0.380 e. The fraction of sp³-hybridized carbons (Fsp3) is 0.706. The Bertz CT molecular complexity index is 491. The Balaban J connectivity index is 1.76. The van der Waals surface area contributed by atoms with E-state index in [0.717, 1.165) is 17.4 Å². The van der Waals surface area contributed by atoms with Crippen molar-refractivity contribution >= 4 is 11.5 Å². The van der Waals surface area contributed by atoms with Crippen molar-refractivity contribution in [2.75, 3.05) is 24.3 Å². The molecule has 3 atom stereocenters. The molecule has 110 valence electrons. The summed E-state index contributed by atoms with van der Waals surface area (Å²) in [4.78, 5) is 6.54. The highest BCUT2D eigenvalue weighted by atomic mass is 15.1. The molecule has 0 saturated heterocycles. The van der Waals surface area contributed by atoms with Crippen molar-refractivity contribution in [3.05, 3.63) is 18.3 Å². The van der Waals surface area contributed by atoms with Crippen molar-refractivity contribution in [1.82, 2.24) is 4.98 Å². The zero-order valence-corrected chi connectivity index (χ0v) is 13.4. The average molecular weight is 273 g/mol. The third kappa shape index (κ3) is 1.82. The van der Waals surface area contributed by atoms with Crippen molar-refractivity contribution in [2.45, 2.75) is 46.1 Å². The number of hydrogen-bond acceptors (Lipinski definition) is 3. The van der Waals surface area contributed by atoms with Crippen LogP contribution in [0.3, 0.4) is 0 Å². The van der Waals surface area contributed by atoms with Crippen LogP contribution in [0.25, 0.3) is 0 Å². The highest BCUT2D eigenvalue weighted by Crippen LogP contribution is 2.65. The molecule has 3 unspecified atom stereocenters. The highest BCUT2D eigenvalue weighted by molar-refractivity contribution is 5.49. The molecular weight excluding hydrogens is 246 g/mol. The van der Waals surface area contributed by atoms with Crippen LogP contribution in [0, 0.1) is 16.7 Å². The quantitative estimate of drug-likeness (QED) is 0.908. The predicted octanol–water partition coefficient (Wildman–Crippen LogP) is 3.77. The van der Waals surface area contributed by atoms with Gasteiger partial charge in [-0.2, -0.15) is 0 Å². The maximum absolute atomic E-state index is 4.50. The second kappa shape index (κ2) is 4.37. The maximum Gasteiger partial charge on any atom is 0.128 e. The van der Waals surface area contributed by atoms with Gasteiger partial charge in [0.05, 0.1) is 11.9 Å². The fourth-order valence-corrected chi connectivity index (χ4v) is 4.36. The molecule has 0 aliphatic heterocycles. The molecule has 1 heterocycles. The predicted molar refractivity (Wildman–Crippen MR) is 85.2 cm³/mol. The van der Waals surface area contributed by atoms with Crippen molar-refractivity contribution in [3.8, 4) is 0 Å². The number of hydrogen-bond donors (Lipinski definition) is 1. The topological polar surface area (TPSA) is 28.2 Å². The van der Waals surface area contributed by atoms with Gasteiger partial charge in [0, 0.05) is 20.1 Å². The van der Waals surface area contributed by atoms with Gasteiger partial charge in [-0.25, -0.2) is 4.98 Å². The van der Waals surface area contributed by atoms with Gasteiger partial charge in [0.15, 0.2) is 0 Å². The van der Waals surface area contributed by atoms with E-state index in [1.165, 1.54) is 19.3 Å². The average Bonchev–Trinajstić information content (AvgIpc) is 2.72. The minimum absolute atomic E-state index is 0.415. The first-order valence-electron chi connectivity index (χ1n) is 7.74. The molecule has 1 aromatic heterocycles. The van der Waals surface area contributed by atoms with Gasteiger partial charge in [0.1, 0.15) is 5.82 Å². The number of nitrogens with one attached hydrogen (secondary N) is 1. The lowest BCUT2D eigenvalue weighted by atomic mass is 9.69. The first-order chi connectivity index (χ1) is 9.34. The van der Waals surface area contributed by atoms with E-state index in [-0.39, 0.29) is 0 Å². The second-order valence-electron chi connectivity index (χ2n) is 7.61. The van der Waals surface area contributed by atoms with Crippen molar-refractivity contribution in [1.29, 1.82) is 0 Å². The molecule has 2 aliphatic rings. The molecule has 0 aromatic carbocycles. The van der Waals surface area contributed by atoms with Crippen LogP contribution in [0.4, 0.5) is 11.5 Å². The summed E-state index contributed by atoms with van der Waals surface area (Å²) in [5.74, 6) is 1.88. The molecule has 2 fully saturated rings. The standard InChI is InChI=1S/C17H27N3/c1-16(2)12-8-9-17(16,3)14(10-12)19-13-6-7-15(18-11-13)20(4)5/h6-7,11-12,14,19H,8-10H2,1-5H3. The van der Waals surface area contributed by atoms with Crippen LogP contribution in [0.2, 0.25) is 0 Å². The second-order valence-corrected chi connectivity index (χ2v) is 7.61. The molecule has 0 amide bonds. The third-order valence-corrected chi connectivity index (χ3v) is 6.34. The maximum atomic E-state index is 4.50. The van der Waals surface area contributed by atoms with E-state index in [1.807, 2.05) is 25.2 Å². The van der Waals surface area contributed by atoms with Gasteiger partial charge in [-0.05, 0) is 48.1 Å². The number of anilines is 2. The number of aromatic nitrogens is 1. The minimum atomic E-state index is 0.415. The van der Waals surface area contributed by atoms with E-state index in [9.17, 15) is 0 Å². The van der Waals surface area contributed by atoms with E-state index in [4.69, 9.17) is 0 Å². The van der Waals surface area contributed by atoms with Gasteiger partial charge < -0.3 is 10.2 Å². The van der Waals surface area contributed by atoms with Gasteiger partial charge in [-0.1, -0.05) is 20.8 Å².